The number of nitrogens with one attached hydrogen (secondary N) is 1. The van der Waals surface area contributed by atoms with Gasteiger partial charge in [-0.1, -0.05) is 32.0 Å². The normalized spacial score (nSPS) is 11.8. The first-order valence-electron chi connectivity index (χ1n) is 6.68. The topological polar surface area (TPSA) is 49.4 Å². The zero-order valence-electron chi connectivity index (χ0n) is 12.1. The van der Waals surface area contributed by atoms with E-state index in [9.17, 15) is 9.59 Å². The summed E-state index contributed by atoms with van der Waals surface area (Å²) in [6.45, 7) is 3.80. The minimum absolute atomic E-state index is 0.0259. The summed E-state index contributed by atoms with van der Waals surface area (Å²) < 4.78 is 0. The fraction of sp³-hybridized carbons (Fsp3) is 0.467. The molecule has 0 radical (unpaired) electrons. The van der Waals surface area contributed by atoms with E-state index in [-0.39, 0.29) is 30.2 Å². The van der Waals surface area contributed by atoms with Gasteiger partial charge >= 0.3 is 0 Å². The van der Waals surface area contributed by atoms with Gasteiger partial charge in [0.15, 0.2) is 0 Å². The fourth-order valence-electron chi connectivity index (χ4n) is 1.88. The lowest BCUT2D eigenvalue weighted by molar-refractivity contribution is -0.135. The third-order valence-corrected chi connectivity index (χ3v) is 3.55. The van der Waals surface area contributed by atoms with Crippen LogP contribution in [0.5, 0.6) is 0 Å². The lowest BCUT2D eigenvalue weighted by Crippen LogP contribution is -2.38. The van der Waals surface area contributed by atoms with Crippen LogP contribution < -0.4 is 5.32 Å². The first-order chi connectivity index (χ1) is 9.49. The maximum absolute atomic E-state index is 12.0. The van der Waals surface area contributed by atoms with E-state index in [4.69, 9.17) is 11.6 Å². The quantitative estimate of drug-likeness (QED) is 0.820. The summed E-state index contributed by atoms with van der Waals surface area (Å²) in [5.41, 5.74) is 1.87. The average Bonchev–Trinajstić information content (AvgIpc) is 2.45. The number of rotatable bonds is 6. The van der Waals surface area contributed by atoms with Crippen LogP contribution in [0.25, 0.3) is 0 Å². The highest BCUT2D eigenvalue weighted by molar-refractivity contribution is 6.19. The SMILES string of the molecule is CCc1ccccc1NC(=O)CN(C)C(=O)C(C)CCl. The number of anilines is 1. The molecule has 2 amide bonds. The smallest absolute Gasteiger partial charge is 0.243 e. The number of carbonyl (C=O) groups excluding carboxylic acids is 2. The first kappa shape index (κ1) is 16.5. The molecule has 1 aromatic carbocycles. The Kier molecular flexibility index (Phi) is 6.52. The number of nitrogens with zero attached hydrogens (tertiary/aromatic N) is 1. The Morgan fingerprint density at radius 2 is 2.00 bits per heavy atom. The van der Waals surface area contributed by atoms with E-state index in [0.717, 1.165) is 17.7 Å². The second kappa shape index (κ2) is 7.90. The predicted molar refractivity (Wildman–Crippen MR) is 82.0 cm³/mol. The van der Waals surface area contributed by atoms with Crippen molar-refractivity contribution in [3.63, 3.8) is 0 Å². The molecule has 1 N–H and O–H groups in total. The molecule has 1 rings (SSSR count). The van der Waals surface area contributed by atoms with Crippen LogP contribution in [-0.4, -0.2) is 36.2 Å². The molecule has 110 valence electrons. The van der Waals surface area contributed by atoms with Crippen LogP contribution in [0.3, 0.4) is 0 Å². The maximum Gasteiger partial charge on any atom is 0.243 e. The number of alkyl halides is 1. The Labute approximate surface area is 125 Å². The van der Waals surface area contributed by atoms with Gasteiger partial charge in [-0.25, -0.2) is 0 Å². The number of halogens is 1. The summed E-state index contributed by atoms with van der Waals surface area (Å²) in [4.78, 5) is 25.2. The summed E-state index contributed by atoms with van der Waals surface area (Å²) in [6, 6.07) is 7.64. The molecule has 4 nitrogen and oxygen atoms in total. The number of carbonyl (C=O) groups is 2. The van der Waals surface area contributed by atoms with Gasteiger partial charge in [-0.3, -0.25) is 9.59 Å². The second-order valence-corrected chi connectivity index (χ2v) is 5.12. The number of likely N-dealkylation sites (N-methyl/N-ethyl adjacent to an activating group) is 1. The monoisotopic (exact) mass is 296 g/mol. The highest BCUT2D eigenvalue weighted by Crippen LogP contribution is 2.15. The van der Waals surface area contributed by atoms with Crippen molar-refractivity contribution < 1.29 is 9.59 Å². The Morgan fingerprint density at radius 3 is 2.60 bits per heavy atom. The summed E-state index contributed by atoms with van der Waals surface area (Å²) in [5, 5.41) is 2.84. The number of benzene rings is 1. The van der Waals surface area contributed by atoms with Gasteiger partial charge in [0, 0.05) is 24.5 Å². The van der Waals surface area contributed by atoms with Gasteiger partial charge in [0.1, 0.15) is 0 Å². The van der Waals surface area contributed by atoms with Crippen molar-refractivity contribution in [2.75, 3.05) is 24.8 Å². The van der Waals surface area contributed by atoms with Crippen LogP contribution in [0.1, 0.15) is 19.4 Å². The molecule has 0 spiro atoms. The summed E-state index contributed by atoms with van der Waals surface area (Å²) >= 11 is 5.65. The van der Waals surface area contributed by atoms with Gasteiger partial charge < -0.3 is 10.2 Å². The zero-order valence-corrected chi connectivity index (χ0v) is 12.9. The molecule has 5 heteroatoms. The molecule has 0 aromatic heterocycles. The molecule has 0 aliphatic carbocycles. The predicted octanol–water partition coefficient (Wildman–Crippen LogP) is 2.52. The number of hydrogen-bond donors (Lipinski definition) is 1. The third-order valence-electron chi connectivity index (χ3n) is 3.08. The van der Waals surface area contributed by atoms with Crippen LogP contribution in [-0.2, 0) is 16.0 Å². The molecule has 0 heterocycles. The Morgan fingerprint density at radius 1 is 1.35 bits per heavy atom. The van der Waals surface area contributed by atoms with Gasteiger partial charge in [0.2, 0.25) is 11.8 Å². The molecular formula is C15H21ClN2O2. The lowest BCUT2D eigenvalue weighted by atomic mass is 10.1. The molecule has 0 saturated carbocycles. The molecule has 0 fully saturated rings. The van der Waals surface area contributed by atoms with Crippen LogP contribution >= 0.6 is 11.6 Å². The minimum Gasteiger partial charge on any atom is -0.336 e. The summed E-state index contributed by atoms with van der Waals surface area (Å²) in [5.74, 6) is -0.358. The van der Waals surface area contributed by atoms with Gasteiger partial charge in [-0.15, -0.1) is 11.6 Å². The lowest BCUT2D eigenvalue weighted by Gasteiger charge is -2.20. The summed E-state index contributed by atoms with van der Waals surface area (Å²) in [6.07, 6.45) is 0.842. The molecule has 20 heavy (non-hydrogen) atoms. The number of para-hydroxylation sites is 1. The van der Waals surface area contributed by atoms with E-state index in [0.29, 0.717) is 0 Å². The Bertz CT molecular complexity index is 477. The van der Waals surface area contributed by atoms with E-state index >= 15 is 0 Å². The van der Waals surface area contributed by atoms with Crippen molar-refractivity contribution in [2.24, 2.45) is 5.92 Å². The highest BCUT2D eigenvalue weighted by atomic mass is 35.5. The van der Waals surface area contributed by atoms with Crippen molar-refractivity contribution in [3.05, 3.63) is 29.8 Å². The highest BCUT2D eigenvalue weighted by Gasteiger charge is 2.18. The molecule has 1 unspecified atom stereocenters. The van der Waals surface area contributed by atoms with Crippen molar-refractivity contribution in [2.45, 2.75) is 20.3 Å². The standard InChI is InChI=1S/C15H21ClN2O2/c1-4-12-7-5-6-8-13(12)17-14(19)10-18(3)15(20)11(2)9-16/h5-8,11H,4,9-10H2,1-3H3,(H,17,19). The van der Waals surface area contributed by atoms with Crippen molar-refractivity contribution >= 4 is 29.1 Å². The van der Waals surface area contributed by atoms with Crippen molar-refractivity contribution in [1.29, 1.82) is 0 Å². The van der Waals surface area contributed by atoms with E-state index in [1.165, 1.54) is 4.90 Å². The molecular weight excluding hydrogens is 276 g/mol. The average molecular weight is 297 g/mol. The molecule has 0 aliphatic heterocycles. The minimum atomic E-state index is -0.280. The number of amides is 2. The molecule has 0 aliphatic rings. The van der Waals surface area contributed by atoms with Crippen LogP contribution in [0.4, 0.5) is 5.69 Å². The largest absolute Gasteiger partial charge is 0.336 e. The molecule has 0 saturated heterocycles. The first-order valence-corrected chi connectivity index (χ1v) is 7.21. The van der Waals surface area contributed by atoms with Gasteiger partial charge in [0.05, 0.1) is 6.54 Å². The van der Waals surface area contributed by atoms with E-state index in [2.05, 4.69) is 5.32 Å². The number of aryl methyl sites for hydroxylation is 1. The van der Waals surface area contributed by atoms with Crippen molar-refractivity contribution in [1.82, 2.24) is 4.90 Å². The van der Waals surface area contributed by atoms with Crippen molar-refractivity contribution in [3.8, 4) is 0 Å². The van der Waals surface area contributed by atoms with E-state index in [1.54, 1.807) is 14.0 Å². The third kappa shape index (κ3) is 4.53. The zero-order chi connectivity index (χ0) is 15.1. The van der Waals surface area contributed by atoms with Crippen LogP contribution in [0.15, 0.2) is 24.3 Å². The van der Waals surface area contributed by atoms with Gasteiger partial charge in [-0.2, -0.15) is 0 Å². The molecule has 1 aromatic rings. The molecule has 0 bridgehead atoms. The van der Waals surface area contributed by atoms with Crippen LogP contribution in [0, 0.1) is 5.92 Å². The van der Waals surface area contributed by atoms with E-state index < -0.39 is 0 Å². The van der Waals surface area contributed by atoms with Crippen LogP contribution in [0.2, 0.25) is 0 Å². The maximum atomic E-state index is 12.0. The second-order valence-electron chi connectivity index (χ2n) is 4.81. The number of hydrogen-bond acceptors (Lipinski definition) is 2. The van der Waals surface area contributed by atoms with E-state index in [1.807, 2.05) is 31.2 Å². The van der Waals surface area contributed by atoms with Gasteiger partial charge in [-0.05, 0) is 18.1 Å². The van der Waals surface area contributed by atoms with Gasteiger partial charge in [0.25, 0.3) is 0 Å². The molecule has 1 atom stereocenters. The summed E-state index contributed by atoms with van der Waals surface area (Å²) in [7, 11) is 1.61. The Balaban J connectivity index is 2.62. The Hall–Kier alpha value is -1.55. The fourth-order valence-corrected chi connectivity index (χ4v) is 2.01.